The lowest BCUT2D eigenvalue weighted by Crippen LogP contribution is -2.26. The Hall–Kier alpha value is -0.820. The Morgan fingerprint density at radius 1 is 1.36 bits per heavy atom. The van der Waals surface area contributed by atoms with E-state index in [-0.39, 0.29) is 0 Å². The molecule has 0 unspecified atom stereocenters. The molecule has 1 heteroatoms. The molecule has 0 saturated heterocycles. The van der Waals surface area contributed by atoms with Crippen molar-refractivity contribution in [3.63, 3.8) is 0 Å². The highest BCUT2D eigenvalue weighted by Gasteiger charge is 2.01. The minimum Gasteiger partial charge on any atom is -0.299 e. The SMILES string of the molecule is C=C/C=C\C(=C/C)CN(CC)CCC. The molecule has 0 radical (unpaired) electrons. The molecule has 0 bridgehead atoms. The zero-order chi connectivity index (χ0) is 10.8. The average Bonchev–Trinajstić information content (AvgIpc) is 2.22. The second-order valence-corrected chi connectivity index (χ2v) is 3.33. The van der Waals surface area contributed by atoms with Crippen LogP contribution >= 0.6 is 0 Å². The molecule has 0 heterocycles. The Morgan fingerprint density at radius 3 is 2.50 bits per heavy atom. The minimum absolute atomic E-state index is 1.05. The summed E-state index contributed by atoms with van der Waals surface area (Å²) in [4.78, 5) is 2.45. The molecular weight excluding hydrogens is 170 g/mol. The zero-order valence-corrected chi connectivity index (χ0v) is 9.79. The van der Waals surface area contributed by atoms with Gasteiger partial charge in [0.15, 0.2) is 0 Å². The fraction of sp³-hybridized carbons (Fsp3) is 0.538. The zero-order valence-electron chi connectivity index (χ0n) is 9.79. The number of rotatable bonds is 7. The van der Waals surface area contributed by atoms with E-state index in [0.717, 1.165) is 13.1 Å². The van der Waals surface area contributed by atoms with Crippen molar-refractivity contribution in [1.29, 1.82) is 0 Å². The van der Waals surface area contributed by atoms with Gasteiger partial charge in [-0.05, 0) is 32.0 Å². The third kappa shape index (κ3) is 5.76. The van der Waals surface area contributed by atoms with Crippen molar-refractivity contribution in [3.05, 3.63) is 36.5 Å². The summed E-state index contributed by atoms with van der Waals surface area (Å²) < 4.78 is 0. The van der Waals surface area contributed by atoms with Crippen LogP contribution in [0.5, 0.6) is 0 Å². The lowest BCUT2D eigenvalue weighted by Gasteiger charge is -2.19. The highest BCUT2D eigenvalue weighted by molar-refractivity contribution is 5.22. The summed E-state index contributed by atoms with van der Waals surface area (Å²) >= 11 is 0. The molecule has 0 aromatic rings. The summed E-state index contributed by atoms with van der Waals surface area (Å²) in [5.74, 6) is 0. The van der Waals surface area contributed by atoms with Gasteiger partial charge in [-0.2, -0.15) is 0 Å². The lowest BCUT2D eigenvalue weighted by molar-refractivity contribution is 0.315. The molecular formula is C13H23N. The van der Waals surface area contributed by atoms with Crippen molar-refractivity contribution >= 4 is 0 Å². The van der Waals surface area contributed by atoms with Crippen molar-refractivity contribution in [1.82, 2.24) is 4.90 Å². The smallest absolute Gasteiger partial charge is 0.0230 e. The van der Waals surface area contributed by atoms with Crippen LogP contribution < -0.4 is 0 Å². The molecule has 0 aliphatic rings. The van der Waals surface area contributed by atoms with Gasteiger partial charge in [0.2, 0.25) is 0 Å². The molecule has 0 aliphatic carbocycles. The first-order valence-electron chi connectivity index (χ1n) is 5.45. The van der Waals surface area contributed by atoms with Crippen molar-refractivity contribution in [2.75, 3.05) is 19.6 Å². The van der Waals surface area contributed by atoms with E-state index in [1.807, 2.05) is 12.2 Å². The minimum atomic E-state index is 1.05. The third-order valence-corrected chi connectivity index (χ3v) is 2.21. The number of likely N-dealkylation sites (N-methyl/N-ethyl adjacent to an activating group) is 1. The van der Waals surface area contributed by atoms with Crippen molar-refractivity contribution in [2.24, 2.45) is 0 Å². The molecule has 1 nitrogen and oxygen atoms in total. The lowest BCUT2D eigenvalue weighted by atomic mass is 10.2. The molecule has 0 rings (SSSR count). The molecule has 0 amide bonds. The molecule has 0 fully saturated rings. The van der Waals surface area contributed by atoms with Crippen LogP contribution in [-0.4, -0.2) is 24.5 Å². The van der Waals surface area contributed by atoms with Crippen LogP contribution in [0.1, 0.15) is 27.2 Å². The standard InChI is InChI=1S/C13H23N/c1-5-9-10-13(7-3)12-14(8-4)11-6-2/h5,7,9-10H,1,6,8,11-12H2,2-4H3/b10-9-,13-7+. The van der Waals surface area contributed by atoms with Gasteiger partial charge < -0.3 is 0 Å². The average molecular weight is 193 g/mol. The highest BCUT2D eigenvalue weighted by atomic mass is 15.1. The van der Waals surface area contributed by atoms with Gasteiger partial charge in [0.1, 0.15) is 0 Å². The molecule has 0 saturated carbocycles. The van der Waals surface area contributed by atoms with E-state index >= 15 is 0 Å². The summed E-state index contributed by atoms with van der Waals surface area (Å²) in [6.45, 7) is 13.5. The van der Waals surface area contributed by atoms with Crippen molar-refractivity contribution in [3.8, 4) is 0 Å². The first kappa shape index (κ1) is 13.2. The normalized spacial score (nSPS) is 12.7. The molecule has 0 N–H and O–H groups in total. The fourth-order valence-corrected chi connectivity index (χ4v) is 1.36. The van der Waals surface area contributed by atoms with Gasteiger partial charge >= 0.3 is 0 Å². The number of nitrogens with zero attached hydrogens (tertiary/aromatic N) is 1. The van der Waals surface area contributed by atoms with Crippen molar-refractivity contribution < 1.29 is 0 Å². The highest BCUT2D eigenvalue weighted by Crippen LogP contribution is 2.02. The summed E-state index contributed by atoms with van der Waals surface area (Å²) in [7, 11) is 0. The summed E-state index contributed by atoms with van der Waals surface area (Å²) in [5.41, 5.74) is 1.36. The van der Waals surface area contributed by atoms with Crippen molar-refractivity contribution in [2.45, 2.75) is 27.2 Å². The Morgan fingerprint density at radius 2 is 2.07 bits per heavy atom. The van der Waals surface area contributed by atoms with E-state index in [9.17, 15) is 0 Å². The maximum Gasteiger partial charge on any atom is 0.0230 e. The van der Waals surface area contributed by atoms with Gasteiger partial charge in [-0.1, -0.05) is 44.7 Å². The van der Waals surface area contributed by atoms with Crippen LogP contribution in [-0.2, 0) is 0 Å². The number of hydrogen-bond acceptors (Lipinski definition) is 1. The second-order valence-electron chi connectivity index (χ2n) is 3.33. The van der Waals surface area contributed by atoms with E-state index in [1.165, 1.54) is 18.5 Å². The molecule has 0 aromatic carbocycles. The van der Waals surface area contributed by atoms with Gasteiger partial charge in [-0.25, -0.2) is 0 Å². The fourth-order valence-electron chi connectivity index (χ4n) is 1.36. The predicted octanol–water partition coefficient (Wildman–Crippen LogP) is 3.41. The predicted molar refractivity (Wildman–Crippen MR) is 65.5 cm³/mol. The topological polar surface area (TPSA) is 3.24 Å². The van der Waals surface area contributed by atoms with Crippen LogP contribution in [0.2, 0.25) is 0 Å². The van der Waals surface area contributed by atoms with Gasteiger partial charge in [0.05, 0.1) is 0 Å². The van der Waals surface area contributed by atoms with Crippen LogP contribution in [0.4, 0.5) is 0 Å². The molecule has 14 heavy (non-hydrogen) atoms. The van der Waals surface area contributed by atoms with Gasteiger partial charge in [-0.3, -0.25) is 4.90 Å². The summed E-state index contributed by atoms with van der Waals surface area (Å²) in [6, 6.07) is 0. The van der Waals surface area contributed by atoms with E-state index in [0.29, 0.717) is 0 Å². The molecule has 0 aromatic heterocycles. The van der Waals surface area contributed by atoms with E-state index in [2.05, 4.69) is 44.4 Å². The van der Waals surface area contributed by atoms with Crippen LogP contribution in [0.15, 0.2) is 36.5 Å². The van der Waals surface area contributed by atoms with Crippen LogP contribution in [0.3, 0.4) is 0 Å². The first-order valence-corrected chi connectivity index (χ1v) is 5.45. The Bertz CT molecular complexity index is 201. The van der Waals surface area contributed by atoms with Gasteiger partial charge in [-0.15, -0.1) is 0 Å². The Kier molecular flexibility index (Phi) is 8.25. The molecule has 0 atom stereocenters. The molecule has 0 spiro atoms. The van der Waals surface area contributed by atoms with Gasteiger partial charge in [0.25, 0.3) is 0 Å². The van der Waals surface area contributed by atoms with E-state index < -0.39 is 0 Å². The van der Waals surface area contributed by atoms with Crippen LogP contribution in [0, 0.1) is 0 Å². The van der Waals surface area contributed by atoms with E-state index in [4.69, 9.17) is 0 Å². The summed E-state index contributed by atoms with van der Waals surface area (Å²) in [5, 5.41) is 0. The molecule has 0 aliphatic heterocycles. The summed E-state index contributed by atoms with van der Waals surface area (Å²) in [6.07, 6.45) is 9.33. The Labute approximate surface area is 88.8 Å². The quantitative estimate of drug-likeness (QED) is 0.560. The second kappa shape index (κ2) is 8.76. The number of allylic oxidation sites excluding steroid dienone is 3. The number of hydrogen-bond donors (Lipinski definition) is 0. The molecule has 80 valence electrons. The largest absolute Gasteiger partial charge is 0.299 e. The third-order valence-electron chi connectivity index (χ3n) is 2.21. The maximum absolute atomic E-state index is 3.67. The Balaban J connectivity index is 4.14. The maximum atomic E-state index is 3.67. The van der Waals surface area contributed by atoms with Gasteiger partial charge in [0, 0.05) is 6.54 Å². The van der Waals surface area contributed by atoms with Crippen LogP contribution in [0.25, 0.3) is 0 Å². The monoisotopic (exact) mass is 193 g/mol. The van der Waals surface area contributed by atoms with E-state index in [1.54, 1.807) is 0 Å². The first-order chi connectivity index (χ1) is 6.78.